The fourth-order valence-corrected chi connectivity index (χ4v) is 5.21. The Hall–Kier alpha value is -1.35. The average molecular weight is 329 g/mol. The zero-order valence-electron chi connectivity index (χ0n) is 15.2. The van der Waals surface area contributed by atoms with Crippen molar-refractivity contribution in [2.45, 2.75) is 76.2 Å². The molecule has 1 saturated heterocycles. The summed E-state index contributed by atoms with van der Waals surface area (Å²) in [6.45, 7) is 5.79. The van der Waals surface area contributed by atoms with Crippen LogP contribution in [0.15, 0.2) is 24.3 Å². The molecule has 0 spiro atoms. The molecule has 3 atom stereocenters. The van der Waals surface area contributed by atoms with E-state index < -0.39 is 0 Å². The number of rotatable bonds is 6. The lowest BCUT2D eigenvalue weighted by Gasteiger charge is -2.56. The summed E-state index contributed by atoms with van der Waals surface area (Å²) in [7, 11) is 0. The summed E-state index contributed by atoms with van der Waals surface area (Å²) < 4.78 is 0. The highest BCUT2D eigenvalue weighted by Gasteiger charge is 2.50. The van der Waals surface area contributed by atoms with Gasteiger partial charge in [-0.3, -0.25) is 4.79 Å². The smallest absolute Gasteiger partial charge is 0.248 e. The molecule has 1 amide bonds. The van der Waals surface area contributed by atoms with Crippen LogP contribution in [0.2, 0.25) is 0 Å². The Kier molecular flexibility index (Phi) is 5.00. The number of hydrogen-bond acceptors (Lipinski definition) is 2. The lowest BCUT2D eigenvalue weighted by Crippen LogP contribution is -2.61. The first kappa shape index (κ1) is 17.5. The molecule has 1 aliphatic carbocycles. The van der Waals surface area contributed by atoms with E-state index in [2.05, 4.69) is 31.3 Å². The van der Waals surface area contributed by atoms with Crippen molar-refractivity contribution >= 4 is 5.91 Å². The van der Waals surface area contributed by atoms with E-state index in [4.69, 9.17) is 5.73 Å². The van der Waals surface area contributed by atoms with Crippen LogP contribution in [0.1, 0.15) is 81.1 Å². The average Bonchev–Trinajstić information content (AvgIpc) is 2.59. The van der Waals surface area contributed by atoms with Gasteiger partial charge in [0.2, 0.25) is 5.91 Å². The molecule has 1 saturated carbocycles. The van der Waals surface area contributed by atoms with E-state index in [0.29, 0.717) is 11.5 Å². The molecule has 1 heterocycles. The molecule has 2 aliphatic rings. The minimum Gasteiger partial charge on any atom is -0.366 e. The second kappa shape index (κ2) is 6.87. The predicted molar refractivity (Wildman–Crippen MR) is 99.1 cm³/mol. The van der Waals surface area contributed by atoms with Crippen LogP contribution in [-0.2, 0) is 5.41 Å². The molecular formula is C21H32N2O. The van der Waals surface area contributed by atoms with E-state index in [1.165, 1.54) is 50.5 Å². The maximum atomic E-state index is 11.6. The SMILES string of the molecule is CCCCC(C)C12CCCC(c3cccc(C(N)=O)c3)(CCN1)C2. The second-order valence-electron chi connectivity index (χ2n) is 8.13. The molecule has 0 radical (unpaired) electrons. The van der Waals surface area contributed by atoms with Crippen molar-refractivity contribution in [1.82, 2.24) is 5.32 Å². The van der Waals surface area contributed by atoms with Crippen LogP contribution in [0.4, 0.5) is 0 Å². The highest BCUT2D eigenvalue weighted by atomic mass is 16.1. The highest BCUT2D eigenvalue weighted by Crippen LogP contribution is 2.51. The van der Waals surface area contributed by atoms with Gasteiger partial charge in [0.15, 0.2) is 0 Å². The Balaban J connectivity index is 1.90. The maximum Gasteiger partial charge on any atom is 0.248 e. The van der Waals surface area contributed by atoms with Gasteiger partial charge in [0, 0.05) is 11.1 Å². The molecule has 3 nitrogen and oxygen atoms in total. The number of primary amides is 1. The van der Waals surface area contributed by atoms with Crippen molar-refractivity contribution in [3.05, 3.63) is 35.4 Å². The molecule has 3 N–H and O–H groups in total. The fourth-order valence-electron chi connectivity index (χ4n) is 5.21. The van der Waals surface area contributed by atoms with Gasteiger partial charge in [-0.05, 0) is 67.7 Å². The van der Waals surface area contributed by atoms with Crippen molar-refractivity contribution in [3.8, 4) is 0 Å². The molecule has 3 unspecified atom stereocenters. The molecule has 1 aliphatic heterocycles. The monoisotopic (exact) mass is 328 g/mol. The predicted octanol–water partition coefficient (Wildman–Crippen LogP) is 4.16. The second-order valence-corrected chi connectivity index (χ2v) is 8.13. The number of unbranched alkanes of at least 4 members (excludes halogenated alkanes) is 1. The minimum atomic E-state index is -0.319. The quantitative estimate of drug-likeness (QED) is 0.824. The van der Waals surface area contributed by atoms with E-state index in [1.807, 2.05) is 12.1 Å². The Bertz CT molecular complexity index is 585. The van der Waals surface area contributed by atoms with E-state index >= 15 is 0 Å². The van der Waals surface area contributed by atoms with Gasteiger partial charge in [0.05, 0.1) is 0 Å². The fraction of sp³-hybridized carbons (Fsp3) is 0.667. The molecule has 2 bridgehead atoms. The standard InChI is InChI=1S/C21H32N2O/c1-3-4-7-16(2)21-11-6-10-20(15-21,12-13-23-21)18-9-5-8-17(14-18)19(22)24/h5,8-9,14,16,23H,3-4,6-7,10-13,15H2,1-2H3,(H2,22,24). The summed E-state index contributed by atoms with van der Waals surface area (Å²) >= 11 is 0. The van der Waals surface area contributed by atoms with Crippen LogP contribution in [-0.4, -0.2) is 18.0 Å². The molecule has 2 fully saturated rings. The first-order chi connectivity index (χ1) is 11.5. The van der Waals surface area contributed by atoms with Gasteiger partial charge in [-0.25, -0.2) is 0 Å². The summed E-state index contributed by atoms with van der Waals surface area (Å²) in [6, 6.07) is 8.11. The van der Waals surface area contributed by atoms with Gasteiger partial charge in [-0.1, -0.05) is 45.2 Å². The summed E-state index contributed by atoms with van der Waals surface area (Å²) in [5.41, 5.74) is 7.98. The number of benzene rings is 1. The van der Waals surface area contributed by atoms with Gasteiger partial charge >= 0.3 is 0 Å². The summed E-state index contributed by atoms with van der Waals surface area (Å²) in [5, 5.41) is 3.91. The number of piperidine rings is 1. The minimum absolute atomic E-state index is 0.218. The number of carbonyl (C=O) groups is 1. The largest absolute Gasteiger partial charge is 0.366 e. The van der Waals surface area contributed by atoms with Gasteiger partial charge in [-0.15, -0.1) is 0 Å². The molecule has 24 heavy (non-hydrogen) atoms. The third kappa shape index (κ3) is 3.11. The van der Waals surface area contributed by atoms with Crippen molar-refractivity contribution in [2.24, 2.45) is 11.7 Å². The van der Waals surface area contributed by atoms with Crippen molar-refractivity contribution in [1.29, 1.82) is 0 Å². The lowest BCUT2D eigenvalue weighted by molar-refractivity contribution is 0.0522. The van der Waals surface area contributed by atoms with Crippen LogP contribution in [0.25, 0.3) is 0 Å². The van der Waals surface area contributed by atoms with E-state index in [9.17, 15) is 4.79 Å². The van der Waals surface area contributed by atoms with Gasteiger partial charge in [0.1, 0.15) is 0 Å². The van der Waals surface area contributed by atoms with Crippen LogP contribution in [0.5, 0.6) is 0 Å². The van der Waals surface area contributed by atoms with E-state index in [-0.39, 0.29) is 16.9 Å². The Morgan fingerprint density at radius 1 is 1.33 bits per heavy atom. The zero-order chi connectivity index (χ0) is 17.2. The van der Waals surface area contributed by atoms with Gasteiger partial charge in [-0.2, -0.15) is 0 Å². The van der Waals surface area contributed by atoms with Gasteiger partial charge in [0.25, 0.3) is 0 Å². The van der Waals surface area contributed by atoms with Gasteiger partial charge < -0.3 is 11.1 Å². The van der Waals surface area contributed by atoms with E-state index in [0.717, 1.165) is 13.0 Å². The van der Waals surface area contributed by atoms with Crippen molar-refractivity contribution in [3.63, 3.8) is 0 Å². The third-order valence-electron chi connectivity index (χ3n) is 6.71. The Morgan fingerprint density at radius 2 is 2.17 bits per heavy atom. The lowest BCUT2D eigenvalue weighted by atomic mass is 9.56. The molecular weight excluding hydrogens is 296 g/mol. The molecule has 132 valence electrons. The molecule has 0 aromatic heterocycles. The first-order valence-corrected chi connectivity index (χ1v) is 9.67. The molecule has 3 rings (SSSR count). The number of nitrogens with one attached hydrogen (secondary N) is 1. The molecule has 3 heteroatoms. The highest BCUT2D eigenvalue weighted by molar-refractivity contribution is 5.92. The van der Waals surface area contributed by atoms with Crippen molar-refractivity contribution < 1.29 is 4.79 Å². The number of amides is 1. The van der Waals surface area contributed by atoms with Crippen LogP contribution in [0.3, 0.4) is 0 Å². The maximum absolute atomic E-state index is 11.6. The normalized spacial score (nSPS) is 30.8. The summed E-state index contributed by atoms with van der Waals surface area (Å²) in [6.07, 6.45) is 10.0. The molecule has 1 aromatic carbocycles. The first-order valence-electron chi connectivity index (χ1n) is 9.67. The number of hydrogen-bond donors (Lipinski definition) is 2. The number of fused-ring (bicyclic) bond motifs is 2. The Morgan fingerprint density at radius 3 is 2.92 bits per heavy atom. The van der Waals surface area contributed by atoms with Crippen LogP contribution >= 0.6 is 0 Å². The number of nitrogens with two attached hydrogens (primary N) is 1. The number of carbonyl (C=O) groups excluding carboxylic acids is 1. The third-order valence-corrected chi connectivity index (χ3v) is 6.71. The summed E-state index contributed by atoms with van der Waals surface area (Å²) in [4.78, 5) is 11.6. The van der Waals surface area contributed by atoms with Crippen molar-refractivity contribution in [2.75, 3.05) is 6.54 Å². The zero-order valence-corrected chi connectivity index (χ0v) is 15.2. The summed E-state index contributed by atoms with van der Waals surface area (Å²) in [5.74, 6) is 0.386. The topological polar surface area (TPSA) is 55.1 Å². The van der Waals surface area contributed by atoms with E-state index in [1.54, 1.807) is 0 Å². The van der Waals surface area contributed by atoms with Crippen LogP contribution < -0.4 is 11.1 Å². The van der Waals surface area contributed by atoms with Crippen LogP contribution in [0, 0.1) is 5.92 Å². The Labute approximate surface area is 146 Å². The molecule has 1 aromatic rings.